The summed E-state index contributed by atoms with van der Waals surface area (Å²) in [6, 6.07) is 86.8. The van der Waals surface area contributed by atoms with Crippen molar-refractivity contribution < 1.29 is 0 Å². The normalized spacial score (nSPS) is 10.9. The average Bonchev–Trinajstić information content (AvgIpc) is 3.29. The van der Waals surface area contributed by atoms with Crippen LogP contribution in [-0.2, 0) is 0 Å². The second-order valence-electron chi connectivity index (χ2n) is 13.8. The van der Waals surface area contributed by atoms with Crippen LogP contribution in [0.25, 0.3) is 44.5 Å². The topological polar surface area (TPSA) is 6.48 Å². The number of hydrogen-bond donors (Lipinski definition) is 0. The van der Waals surface area contributed by atoms with Gasteiger partial charge < -0.3 is 9.80 Å². The minimum Gasteiger partial charge on any atom is -0.308 e. The Hall–Kier alpha value is -7.42. The zero-order valence-electron chi connectivity index (χ0n) is 31.0. The van der Waals surface area contributed by atoms with Crippen molar-refractivity contribution in [3.8, 4) is 44.5 Å². The highest BCUT2D eigenvalue weighted by Gasteiger charge is 2.25. The number of nitrogens with zero attached hydrogens (tertiary/aromatic N) is 2. The summed E-state index contributed by atoms with van der Waals surface area (Å²) in [6.07, 6.45) is 0. The van der Waals surface area contributed by atoms with Gasteiger partial charge in [0, 0.05) is 22.7 Å². The third-order valence-corrected chi connectivity index (χ3v) is 10.3. The van der Waals surface area contributed by atoms with Crippen molar-refractivity contribution in [3.63, 3.8) is 0 Å². The Balaban J connectivity index is 1.33. The molecule has 9 rings (SSSR count). The summed E-state index contributed by atoms with van der Waals surface area (Å²) < 4.78 is 0. The molecule has 0 aromatic heterocycles. The lowest BCUT2D eigenvalue weighted by Crippen LogP contribution is -2.17. The molecular formula is C54H40N2. The van der Waals surface area contributed by atoms with Crippen LogP contribution in [0.5, 0.6) is 0 Å². The summed E-state index contributed by atoms with van der Waals surface area (Å²) in [5.41, 5.74) is 15.7. The minimum atomic E-state index is 1.05. The summed E-state index contributed by atoms with van der Waals surface area (Å²) in [6.45, 7) is 0. The Morgan fingerprint density at radius 2 is 0.429 bits per heavy atom. The molecule has 0 amide bonds. The molecule has 0 unspecified atom stereocenters. The van der Waals surface area contributed by atoms with Crippen LogP contribution in [0.15, 0.2) is 243 Å². The molecule has 0 aliphatic heterocycles. The maximum atomic E-state index is 2.40. The van der Waals surface area contributed by atoms with Crippen LogP contribution in [0.3, 0.4) is 0 Å². The lowest BCUT2D eigenvalue weighted by Gasteiger charge is -2.34. The van der Waals surface area contributed by atoms with Gasteiger partial charge in [-0.05, 0) is 105 Å². The molecule has 0 heterocycles. The monoisotopic (exact) mass is 716 g/mol. The zero-order chi connectivity index (χ0) is 37.5. The quantitative estimate of drug-likeness (QED) is 0.139. The van der Waals surface area contributed by atoms with Crippen LogP contribution in [-0.4, -0.2) is 0 Å². The van der Waals surface area contributed by atoms with Crippen molar-refractivity contribution >= 4 is 34.1 Å². The van der Waals surface area contributed by atoms with Gasteiger partial charge in [-0.2, -0.15) is 0 Å². The van der Waals surface area contributed by atoms with Crippen molar-refractivity contribution in [1.29, 1.82) is 0 Å². The molecule has 0 aliphatic rings. The highest BCUT2D eigenvalue weighted by molar-refractivity contribution is 5.99. The molecule has 2 nitrogen and oxygen atoms in total. The molecule has 0 spiro atoms. The van der Waals surface area contributed by atoms with Gasteiger partial charge in [-0.3, -0.25) is 0 Å². The van der Waals surface area contributed by atoms with E-state index in [0.29, 0.717) is 0 Å². The summed E-state index contributed by atoms with van der Waals surface area (Å²) >= 11 is 0. The Bertz CT molecular complexity index is 2440. The Kier molecular flexibility index (Phi) is 9.75. The SMILES string of the molecule is c1ccc(-c2ccc(N(c3ccccc3)c3cc(-c4ccccc4)c(-c4ccccc4)cc3N(c3ccccc3)c3ccc(-c4ccccc4)cc3)cc2)cc1. The van der Waals surface area contributed by atoms with Gasteiger partial charge in [0.2, 0.25) is 0 Å². The molecule has 0 bridgehead atoms. The first-order chi connectivity index (χ1) is 27.8. The molecule has 0 radical (unpaired) electrons. The Morgan fingerprint density at radius 1 is 0.196 bits per heavy atom. The highest BCUT2D eigenvalue weighted by Crippen LogP contribution is 2.50. The predicted molar refractivity (Wildman–Crippen MR) is 238 cm³/mol. The Morgan fingerprint density at radius 3 is 0.732 bits per heavy atom. The van der Waals surface area contributed by atoms with E-state index in [1.165, 1.54) is 22.3 Å². The number of rotatable bonds is 10. The van der Waals surface area contributed by atoms with E-state index < -0.39 is 0 Å². The maximum absolute atomic E-state index is 2.40. The van der Waals surface area contributed by atoms with Gasteiger partial charge in [0.15, 0.2) is 0 Å². The molecular weight excluding hydrogens is 677 g/mol. The second kappa shape index (κ2) is 15.9. The molecule has 9 aromatic carbocycles. The molecule has 2 heteroatoms. The van der Waals surface area contributed by atoms with Crippen LogP contribution in [0.1, 0.15) is 0 Å². The largest absolute Gasteiger partial charge is 0.308 e. The van der Waals surface area contributed by atoms with E-state index in [4.69, 9.17) is 0 Å². The van der Waals surface area contributed by atoms with E-state index in [9.17, 15) is 0 Å². The third-order valence-electron chi connectivity index (χ3n) is 10.3. The molecule has 0 saturated carbocycles. The van der Waals surface area contributed by atoms with Crippen molar-refractivity contribution in [2.75, 3.05) is 9.80 Å². The number of anilines is 6. The minimum absolute atomic E-state index is 1.05. The van der Waals surface area contributed by atoms with Gasteiger partial charge in [-0.1, -0.05) is 182 Å². The standard InChI is InChI=1S/C54H40N2/c1-7-19-41(20-8-1)43-31-35-49(36-32-43)55(47-27-15-5-16-28-47)53-39-51(45-23-11-3-12-24-45)52(46-25-13-4-14-26-46)40-54(53)56(48-29-17-6-18-30-48)50-37-33-44(34-38-50)42-21-9-2-10-22-42/h1-40H. The molecule has 266 valence electrons. The van der Waals surface area contributed by atoms with Gasteiger partial charge in [0.1, 0.15) is 0 Å². The molecule has 0 fully saturated rings. The Labute approximate surface area is 329 Å². The van der Waals surface area contributed by atoms with Crippen molar-refractivity contribution in [2.24, 2.45) is 0 Å². The third kappa shape index (κ3) is 7.12. The van der Waals surface area contributed by atoms with Crippen LogP contribution in [0.2, 0.25) is 0 Å². The van der Waals surface area contributed by atoms with Crippen LogP contribution in [0, 0.1) is 0 Å². The van der Waals surface area contributed by atoms with Gasteiger partial charge >= 0.3 is 0 Å². The molecule has 0 N–H and O–H groups in total. The number of para-hydroxylation sites is 2. The van der Waals surface area contributed by atoms with Gasteiger partial charge in [-0.25, -0.2) is 0 Å². The molecule has 0 atom stereocenters. The first-order valence-electron chi connectivity index (χ1n) is 19.1. The van der Waals surface area contributed by atoms with Gasteiger partial charge in [-0.15, -0.1) is 0 Å². The van der Waals surface area contributed by atoms with Crippen LogP contribution in [0.4, 0.5) is 34.1 Å². The lowest BCUT2D eigenvalue weighted by molar-refractivity contribution is 1.23. The van der Waals surface area contributed by atoms with E-state index in [-0.39, 0.29) is 0 Å². The van der Waals surface area contributed by atoms with Crippen molar-refractivity contribution in [3.05, 3.63) is 243 Å². The van der Waals surface area contributed by atoms with Crippen molar-refractivity contribution in [1.82, 2.24) is 0 Å². The summed E-state index contributed by atoms with van der Waals surface area (Å²) in [5.74, 6) is 0. The molecule has 9 aromatic rings. The summed E-state index contributed by atoms with van der Waals surface area (Å²) in [7, 11) is 0. The van der Waals surface area contributed by atoms with E-state index in [2.05, 4.69) is 252 Å². The van der Waals surface area contributed by atoms with E-state index in [1.807, 2.05) is 0 Å². The molecule has 0 aliphatic carbocycles. The van der Waals surface area contributed by atoms with E-state index in [0.717, 1.165) is 56.4 Å². The maximum Gasteiger partial charge on any atom is 0.0709 e. The average molecular weight is 717 g/mol. The lowest BCUT2D eigenvalue weighted by atomic mass is 9.92. The fraction of sp³-hybridized carbons (Fsp3) is 0. The fourth-order valence-electron chi connectivity index (χ4n) is 7.52. The fourth-order valence-corrected chi connectivity index (χ4v) is 7.52. The first kappa shape index (κ1) is 34.4. The molecule has 56 heavy (non-hydrogen) atoms. The number of benzene rings is 9. The van der Waals surface area contributed by atoms with E-state index in [1.54, 1.807) is 0 Å². The zero-order valence-corrected chi connectivity index (χ0v) is 31.0. The molecule has 0 saturated heterocycles. The van der Waals surface area contributed by atoms with Crippen LogP contribution < -0.4 is 9.80 Å². The smallest absolute Gasteiger partial charge is 0.0709 e. The summed E-state index contributed by atoms with van der Waals surface area (Å²) in [5, 5.41) is 0. The van der Waals surface area contributed by atoms with E-state index >= 15 is 0 Å². The highest BCUT2D eigenvalue weighted by atomic mass is 15.2. The van der Waals surface area contributed by atoms with Crippen LogP contribution >= 0.6 is 0 Å². The first-order valence-corrected chi connectivity index (χ1v) is 19.1. The second-order valence-corrected chi connectivity index (χ2v) is 13.8. The van der Waals surface area contributed by atoms with Gasteiger partial charge in [0.25, 0.3) is 0 Å². The number of hydrogen-bond acceptors (Lipinski definition) is 2. The summed E-state index contributed by atoms with van der Waals surface area (Å²) in [4.78, 5) is 4.80. The van der Waals surface area contributed by atoms with Gasteiger partial charge in [0.05, 0.1) is 11.4 Å². The van der Waals surface area contributed by atoms with Crippen molar-refractivity contribution in [2.45, 2.75) is 0 Å². The predicted octanol–water partition coefficient (Wildman–Crippen LogP) is 15.3.